The van der Waals surface area contributed by atoms with E-state index in [1.165, 1.54) is 24.3 Å². The molecule has 0 aliphatic rings. The Morgan fingerprint density at radius 3 is 1.76 bits per heavy atom. The lowest BCUT2D eigenvalue weighted by atomic mass is 10.1. The monoisotopic (exact) mass is 295 g/mol. The van der Waals surface area contributed by atoms with Gasteiger partial charge < -0.3 is 9.47 Å². The van der Waals surface area contributed by atoms with E-state index < -0.39 is 6.36 Å². The highest BCUT2D eigenvalue weighted by Gasteiger charge is 2.30. The van der Waals surface area contributed by atoms with Crippen LogP contribution in [-0.4, -0.2) is 6.36 Å². The van der Waals surface area contributed by atoms with Gasteiger partial charge in [-0.15, -0.1) is 13.2 Å². The number of aryl methyl sites for hydroxylation is 1. The summed E-state index contributed by atoms with van der Waals surface area (Å²) in [5.74, 6) is 0.780. The van der Waals surface area contributed by atoms with Gasteiger partial charge in [0.05, 0.1) is 0 Å². The lowest BCUT2D eigenvalue weighted by Gasteiger charge is -2.10. The number of ether oxygens (including phenoxy) is 2. The fourth-order valence-corrected chi connectivity index (χ4v) is 1.77. The quantitative estimate of drug-likeness (QED) is 0.760. The van der Waals surface area contributed by atoms with Crippen molar-refractivity contribution in [1.82, 2.24) is 0 Å². The van der Waals surface area contributed by atoms with Gasteiger partial charge in [0.1, 0.15) is 17.2 Å². The summed E-state index contributed by atoms with van der Waals surface area (Å²) in [6, 6.07) is 12.7. The third kappa shape index (κ3) is 5.02. The zero-order valence-electron chi connectivity index (χ0n) is 11.2. The average molecular weight is 295 g/mol. The molecule has 21 heavy (non-hydrogen) atoms. The second-order valence-corrected chi connectivity index (χ2v) is 4.37. The minimum atomic E-state index is -4.69. The van der Waals surface area contributed by atoms with Crippen LogP contribution in [0.2, 0.25) is 0 Å². The van der Waals surface area contributed by atoms with E-state index in [0.717, 1.165) is 18.4 Å². The van der Waals surface area contributed by atoms with E-state index in [4.69, 9.17) is 4.74 Å². The second kappa shape index (κ2) is 6.52. The molecule has 2 aromatic rings. The lowest BCUT2D eigenvalue weighted by Crippen LogP contribution is -2.16. The first-order valence-electron chi connectivity index (χ1n) is 6.38. The van der Waals surface area contributed by atoms with Crippen molar-refractivity contribution < 1.29 is 22.6 Å². The van der Waals surface area contributed by atoms with Crippen LogP contribution in [0.5, 0.6) is 17.2 Å². The molecule has 2 rings (SSSR count). The predicted octanol–water partition coefficient (Wildman–Crippen LogP) is 5.14. The van der Waals surface area contributed by atoms with E-state index in [1.807, 2.05) is 24.3 Å². The average Bonchev–Trinajstić information content (AvgIpc) is 2.42. The maximum Gasteiger partial charge on any atom is 0.573 e. The minimum Gasteiger partial charge on any atom is -0.457 e. The minimum absolute atomic E-state index is 0.277. The Hall–Kier alpha value is -2.17. The summed E-state index contributed by atoms with van der Waals surface area (Å²) in [6.45, 7) is 3.78. The van der Waals surface area contributed by atoms with Crippen LogP contribution >= 0.6 is 0 Å². The molecule has 0 N–H and O–H groups in total. The number of alkyl halides is 3. The number of halogens is 3. The van der Waals surface area contributed by atoms with Gasteiger partial charge in [0.25, 0.3) is 0 Å². The summed E-state index contributed by atoms with van der Waals surface area (Å²) >= 11 is 0. The highest BCUT2D eigenvalue weighted by molar-refractivity contribution is 5.36. The van der Waals surface area contributed by atoms with E-state index in [0.29, 0.717) is 11.5 Å². The number of rotatable bonds is 5. The van der Waals surface area contributed by atoms with Crippen molar-refractivity contribution in [3.63, 3.8) is 0 Å². The molecule has 1 radical (unpaired) electrons. The molecule has 111 valence electrons. The highest BCUT2D eigenvalue weighted by Crippen LogP contribution is 2.27. The molecular weight excluding hydrogens is 281 g/mol. The van der Waals surface area contributed by atoms with Crippen LogP contribution in [0.15, 0.2) is 48.5 Å². The Morgan fingerprint density at radius 2 is 1.29 bits per heavy atom. The fourth-order valence-electron chi connectivity index (χ4n) is 1.77. The van der Waals surface area contributed by atoms with Gasteiger partial charge in [0.2, 0.25) is 0 Å². The van der Waals surface area contributed by atoms with Gasteiger partial charge in [-0.1, -0.05) is 19.1 Å². The lowest BCUT2D eigenvalue weighted by molar-refractivity contribution is -0.274. The maximum atomic E-state index is 12.0. The number of hydrogen-bond acceptors (Lipinski definition) is 2. The molecule has 2 aromatic carbocycles. The first-order chi connectivity index (χ1) is 9.96. The standard InChI is InChI=1S/C16H14F3O2/c1-2-3-12-4-6-13(7-5-12)20-14-8-10-15(11-9-14)21-16(17,18)19/h4-11H,1-3H2. The van der Waals surface area contributed by atoms with Gasteiger partial charge in [0.15, 0.2) is 0 Å². The smallest absolute Gasteiger partial charge is 0.457 e. The van der Waals surface area contributed by atoms with E-state index in [2.05, 4.69) is 11.7 Å². The first kappa shape index (κ1) is 15.2. The molecule has 0 atom stereocenters. The zero-order chi connectivity index (χ0) is 15.3. The second-order valence-electron chi connectivity index (χ2n) is 4.37. The maximum absolute atomic E-state index is 12.0. The SMILES string of the molecule is [CH2]CCc1ccc(Oc2ccc(OC(F)(F)F)cc2)cc1. The molecule has 2 nitrogen and oxygen atoms in total. The normalized spacial score (nSPS) is 11.2. The van der Waals surface area contributed by atoms with E-state index in [1.54, 1.807) is 0 Å². The van der Waals surface area contributed by atoms with E-state index in [9.17, 15) is 13.2 Å². The third-order valence-electron chi connectivity index (χ3n) is 2.68. The Labute approximate surface area is 121 Å². The first-order valence-corrected chi connectivity index (χ1v) is 6.38. The summed E-state index contributed by atoms with van der Waals surface area (Å²) < 4.78 is 45.4. The third-order valence-corrected chi connectivity index (χ3v) is 2.68. The van der Waals surface area contributed by atoms with Gasteiger partial charge in [-0.25, -0.2) is 0 Å². The van der Waals surface area contributed by atoms with Gasteiger partial charge >= 0.3 is 6.36 Å². The molecule has 0 aromatic heterocycles. The largest absolute Gasteiger partial charge is 0.573 e. The molecule has 0 saturated carbocycles. The van der Waals surface area contributed by atoms with E-state index >= 15 is 0 Å². The Kier molecular flexibility index (Phi) is 4.73. The van der Waals surface area contributed by atoms with Crippen molar-refractivity contribution in [2.75, 3.05) is 0 Å². The van der Waals surface area contributed by atoms with Crippen LogP contribution in [0.25, 0.3) is 0 Å². The van der Waals surface area contributed by atoms with Gasteiger partial charge in [-0.2, -0.15) is 0 Å². The van der Waals surface area contributed by atoms with Crippen LogP contribution < -0.4 is 9.47 Å². The molecule has 0 heterocycles. The van der Waals surface area contributed by atoms with Crippen LogP contribution in [0, 0.1) is 6.92 Å². The van der Waals surface area contributed by atoms with E-state index in [-0.39, 0.29) is 5.75 Å². The van der Waals surface area contributed by atoms with Crippen LogP contribution in [0.3, 0.4) is 0 Å². The topological polar surface area (TPSA) is 18.5 Å². The molecule has 0 amide bonds. The molecule has 5 heteroatoms. The van der Waals surface area contributed by atoms with Gasteiger partial charge in [-0.3, -0.25) is 0 Å². The molecule has 0 spiro atoms. The molecule has 0 unspecified atom stereocenters. The number of benzene rings is 2. The zero-order valence-corrected chi connectivity index (χ0v) is 11.2. The Bertz CT molecular complexity index is 560. The van der Waals surface area contributed by atoms with Crippen molar-refractivity contribution in [3.8, 4) is 17.2 Å². The van der Waals surface area contributed by atoms with Crippen LogP contribution in [0.4, 0.5) is 13.2 Å². The summed E-state index contributed by atoms with van der Waals surface area (Å²) in [6.07, 6.45) is -2.98. The van der Waals surface area contributed by atoms with Gasteiger partial charge in [-0.05, 0) is 54.8 Å². The van der Waals surface area contributed by atoms with Gasteiger partial charge in [0, 0.05) is 0 Å². The Morgan fingerprint density at radius 1 is 0.810 bits per heavy atom. The Balaban J connectivity index is 1.99. The molecular formula is C16H14F3O2. The molecule has 0 aliphatic heterocycles. The van der Waals surface area contributed by atoms with Crippen molar-refractivity contribution in [2.45, 2.75) is 19.2 Å². The number of hydrogen-bond donors (Lipinski definition) is 0. The fraction of sp³-hybridized carbons (Fsp3) is 0.188. The molecule has 0 bridgehead atoms. The van der Waals surface area contributed by atoms with Crippen molar-refractivity contribution >= 4 is 0 Å². The molecule has 0 fully saturated rings. The summed E-state index contributed by atoms with van der Waals surface area (Å²) in [7, 11) is 0. The summed E-state index contributed by atoms with van der Waals surface area (Å²) in [5.41, 5.74) is 1.16. The molecule has 0 aliphatic carbocycles. The highest BCUT2D eigenvalue weighted by atomic mass is 19.4. The summed E-state index contributed by atoms with van der Waals surface area (Å²) in [4.78, 5) is 0. The summed E-state index contributed by atoms with van der Waals surface area (Å²) in [5, 5.41) is 0. The van der Waals surface area contributed by atoms with Crippen molar-refractivity contribution in [1.29, 1.82) is 0 Å². The van der Waals surface area contributed by atoms with Crippen molar-refractivity contribution in [2.24, 2.45) is 0 Å². The van der Waals surface area contributed by atoms with Crippen LogP contribution in [-0.2, 0) is 6.42 Å². The van der Waals surface area contributed by atoms with Crippen molar-refractivity contribution in [3.05, 3.63) is 61.0 Å². The molecule has 0 saturated heterocycles. The van der Waals surface area contributed by atoms with Crippen LogP contribution in [0.1, 0.15) is 12.0 Å². The predicted molar refractivity (Wildman–Crippen MR) is 73.3 cm³/mol.